The van der Waals surface area contributed by atoms with E-state index in [0.29, 0.717) is 30.0 Å². The highest BCUT2D eigenvalue weighted by Gasteiger charge is 2.11. The van der Waals surface area contributed by atoms with Gasteiger partial charge in [-0.05, 0) is 19.1 Å². The highest BCUT2D eigenvalue weighted by molar-refractivity contribution is 5.80. The number of nitrogens with two attached hydrogens (primary N) is 1. The molecule has 5 heteroatoms. The summed E-state index contributed by atoms with van der Waals surface area (Å²) in [5.74, 6) is 0.675. The van der Waals surface area contributed by atoms with Crippen LogP contribution in [0.5, 0.6) is 11.5 Å². The van der Waals surface area contributed by atoms with Gasteiger partial charge in [-0.3, -0.25) is 4.79 Å². The van der Waals surface area contributed by atoms with E-state index in [1.165, 1.54) is 12.1 Å². The monoisotopic (exact) mass is 220 g/mol. The molecular formula is C11H12N2O3. The minimum absolute atomic E-state index is 0.120. The Hall–Kier alpha value is -2.22. The Bertz CT molecular complexity index is 424. The maximum atomic E-state index is 10.6. The number of nitriles is 1. The van der Waals surface area contributed by atoms with Crippen LogP contribution in [0, 0.1) is 11.3 Å². The van der Waals surface area contributed by atoms with Crippen molar-refractivity contribution < 1.29 is 14.3 Å². The molecule has 5 nitrogen and oxygen atoms in total. The molecule has 0 amide bonds. The number of benzene rings is 1. The van der Waals surface area contributed by atoms with Gasteiger partial charge >= 0.3 is 0 Å². The summed E-state index contributed by atoms with van der Waals surface area (Å²) in [4.78, 5) is 10.6. The van der Waals surface area contributed by atoms with Gasteiger partial charge in [-0.25, -0.2) is 0 Å². The van der Waals surface area contributed by atoms with E-state index in [1.54, 1.807) is 6.92 Å². The number of nitrogens with zero attached hydrogens (tertiary/aromatic N) is 1. The van der Waals surface area contributed by atoms with Crippen molar-refractivity contribution in [3.63, 3.8) is 0 Å². The molecule has 1 rings (SSSR count). The number of carbonyl (C=O) groups excluding carboxylic acids is 1. The lowest BCUT2D eigenvalue weighted by Crippen LogP contribution is -2.03. The molecule has 0 spiro atoms. The first-order valence-electron chi connectivity index (χ1n) is 4.74. The maximum absolute atomic E-state index is 10.6. The summed E-state index contributed by atoms with van der Waals surface area (Å²) in [5.41, 5.74) is 6.38. The smallest absolute Gasteiger partial charge is 0.185 e. The van der Waals surface area contributed by atoms with E-state index in [0.717, 1.165) is 0 Å². The summed E-state index contributed by atoms with van der Waals surface area (Å²) in [5, 5.41) is 8.43. The van der Waals surface area contributed by atoms with Crippen LogP contribution in [0.3, 0.4) is 0 Å². The van der Waals surface area contributed by atoms with E-state index >= 15 is 0 Å². The largest absolute Gasteiger partial charge is 0.490 e. The van der Waals surface area contributed by atoms with Crippen LogP contribution >= 0.6 is 0 Å². The number of ether oxygens (including phenoxy) is 2. The maximum Gasteiger partial charge on any atom is 0.185 e. The van der Waals surface area contributed by atoms with Crippen LogP contribution in [0.4, 0.5) is 5.69 Å². The molecule has 1 aromatic rings. The summed E-state index contributed by atoms with van der Waals surface area (Å²) in [7, 11) is 0. The van der Waals surface area contributed by atoms with E-state index in [-0.39, 0.29) is 12.3 Å². The number of rotatable bonds is 5. The second-order valence-electron chi connectivity index (χ2n) is 2.94. The van der Waals surface area contributed by atoms with E-state index in [1.807, 2.05) is 6.07 Å². The SMILES string of the molecule is CCOc1cc(C=O)cc(N)c1OCC#N. The Labute approximate surface area is 93.4 Å². The van der Waals surface area contributed by atoms with Crippen LogP contribution in [0.1, 0.15) is 17.3 Å². The molecule has 0 aliphatic carbocycles. The fourth-order valence-electron chi connectivity index (χ4n) is 1.24. The fourth-order valence-corrected chi connectivity index (χ4v) is 1.24. The van der Waals surface area contributed by atoms with Gasteiger partial charge in [0, 0.05) is 5.56 Å². The number of anilines is 1. The molecular weight excluding hydrogens is 208 g/mol. The minimum Gasteiger partial charge on any atom is -0.490 e. The molecule has 0 fully saturated rings. The molecule has 16 heavy (non-hydrogen) atoms. The number of carbonyl (C=O) groups is 1. The summed E-state index contributed by atoms with van der Waals surface area (Å²) >= 11 is 0. The lowest BCUT2D eigenvalue weighted by Gasteiger charge is -2.12. The van der Waals surface area contributed by atoms with E-state index < -0.39 is 0 Å². The van der Waals surface area contributed by atoms with Gasteiger partial charge in [0.25, 0.3) is 0 Å². The molecule has 0 unspecified atom stereocenters. The second kappa shape index (κ2) is 5.61. The van der Waals surface area contributed by atoms with Crippen LogP contribution in [0.2, 0.25) is 0 Å². The third-order valence-electron chi connectivity index (χ3n) is 1.82. The molecule has 0 atom stereocenters. The Morgan fingerprint density at radius 1 is 1.50 bits per heavy atom. The Kier molecular flexibility index (Phi) is 4.16. The zero-order valence-corrected chi connectivity index (χ0v) is 8.90. The quantitative estimate of drug-likeness (QED) is 0.598. The van der Waals surface area contributed by atoms with Crippen molar-refractivity contribution in [1.29, 1.82) is 5.26 Å². The van der Waals surface area contributed by atoms with E-state index in [4.69, 9.17) is 20.5 Å². The van der Waals surface area contributed by atoms with Crippen LogP contribution < -0.4 is 15.2 Å². The number of hydrogen-bond acceptors (Lipinski definition) is 5. The number of aldehydes is 1. The molecule has 0 radical (unpaired) electrons. The average molecular weight is 220 g/mol. The first-order chi connectivity index (χ1) is 7.72. The Morgan fingerprint density at radius 3 is 2.81 bits per heavy atom. The van der Waals surface area contributed by atoms with Gasteiger partial charge in [-0.15, -0.1) is 0 Å². The van der Waals surface area contributed by atoms with Crippen molar-refractivity contribution in [1.82, 2.24) is 0 Å². The molecule has 0 aliphatic heterocycles. The fraction of sp³-hybridized carbons (Fsp3) is 0.273. The molecule has 0 heterocycles. The standard InChI is InChI=1S/C11H12N2O3/c1-2-15-10-6-8(7-14)5-9(13)11(10)16-4-3-12/h5-7H,2,4,13H2,1H3. The lowest BCUT2D eigenvalue weighted by molar-refractivity contribution is 0.112. The van der Waals surface area contributed by atoms with Crippen LogP contribution in [0.15, 0.2) is 12.1 Å². The molecule has 1 aromatic carbocycles. The molecule has 0 bridgehead atoms. The number of hydrogen-bond donors (Lipinski definition) is 1. The van der Waals surface area contributed by atoms with Crippen LogP contribution in [-0.4, -0.2) is 19.5 Å². The summed E-state index contributed by atoms with van der Waals surface area (Å²) < 4.78 is 10.4. The van der Waals surface area contributed by atoms with Gasteiger partial charge in [0.2, 0.25) is 0 Å². The molecule has 2 N–H and O–H groups in total. The lowest BCUT2D eigenvalue weighted by atomic mass is 10.2. The normalized spacial score (nSPS) is 9.25. The van der Waals surface area contributed by atoms with Crippen LogP contribution in [0.25, 0.3) is 0 Å². The predicted octanol–water partition coefficient (Wildman–Crippen LogP) is 1.38. The Balaban J connectivity index is 3.12. The third-order valence-corrected chi connectivity index (χ3v) is 1.82. The van der Waals surface area contributed by atoms with Crippen molar-refractivity contribution in [2.75, 3.05) is 18.9 Å². The number of nitrogen functional groups attached to an aromatic ring is 1. The second-order valence-corrected chi connectivity index (χ2v) is 2.94. The Morgan fingerprint density at radius 2 is 2.25 bits per heavy atom. The first-order valence-corrected chi connectivity index (χ1v) is 4.74. The van der Waals surface area contributed by atoms with Crippen molar-refractivity contribution in [2.45, 2.75) is 6.92 Å². The van der Waals surface area contributed by atoms with E-state index in [9.17, 15) is 4.79 Å². The highest BCUT2D eigenvalue weighted by Crippen LogP contribution is 2.34. The van der Waals surface area contributed by atoms with Crippen LogP contribution in [-0.2, 0) is 0 Å². The summed E-state index contributed by atoms with van der Waals surface area (Å²) in [6, 6.07) is 4.84. The minimum atomic E-state index is -0.120. The van der Waals surface area contributed by atoms with Gasteiger partial charge in [-0.1, -0.05) is 0 Å². The first kappa shape index (κ1) is 11.9. The average Bonchev–Trinajstić information content (AvgIpc) is 2.28. The third kappa shape index (κ3) is 2.64. The van der Waals surface area contributed by atoms with Gasteiger partial charge in [0.15, 0.2) is 18.1 Å². The van der Waals surface area contributed by atoms with Gasteiger partial charge in [0.05, 0.1) is 12.3 Å². The molecule has 0 aliphatic rings. The van der Waals surface area contributed by atoms with Gasteiger partial charge in [0.1, 0.15) is 12.4 Å². The molecule has 84 valence electrons. The predicted molar refractivity (Wildman–Crippen MR) is 58.5 cm³/mol. The van der Waals surface area contributed by atoms with E-state index in [2.05, 4.69) is 0 Å². The van der Waals surface area contributed by atoms with Crippen molar-refractivity contribution in [2.24, 2.45) is 0 Å². The summed E-state index contributed by atoms with van der Waals surface area (Å²) in [6.07, 6.45) is 0.674. The van der Waals surface area contributed by atoms with Crippen molar-refractivity contribution in [3.05, 3.63) is 17.7 Å². The van der Waals surface area contributed by atoms with Gasteiger partial charge in [-0.2, -0.15) is 5.26 Å². The zero-order chi connectivity index (χ0) is 12.0. The molecule has 0 aromatic heterocycles. The van der Waals surface area contributed by atoms with Crippen molar-refractivity contribution in [3.8, 4) is 17.6 Å². The highest BCUT2D eigenvalue weighted by atomic mass is 16.5. The molecule has 0 saturated carbocycles. The summed E-state index contributed by atoms with van der Waals surface area (Å²) in [6.45, 7) is 2.10. The van der Waals surface area contributed by atoms with Gasteiger partial charge < -0.3 is 15.2 Å². The van der Waals surface area contributed by atoms with Crippen molar-refractivity contribution >= 4 is 12.0 Å². The topological polar surface area (TPSA) is 85.3 Å². The molecule has 0 saturated heterocycles. The zero-order valence-electron chi connectivity index (χ0n) is 8.90.